The van der Waals surface area contributed by atoms with Crippen LogP contribution in [0.5, 0.6) is 0 Å². The van der Waals surface area contributed by atoms with Gasteiger partial charge in [-0.2, -0.15) is 0 Å². The summed E-state index contributed by atoms with van der Waals surface area (Å²) in [6, 6.07) is 16.0. The maximum absolute atomic E-state index is 14.2. The summed E-state index contributed by atoms with van der Waals surface area (Å²) < 4.78 is 14.4. The smallest absolute Gasteiger partial charge is 0.409 e. The highest BCUT2D eigenvalue weighted by molar-refractivity contribution is 6.67. The van der Waals surface area contributed by atoms with Gasteiger partial charge in [-0.25, -0.2) is 9.59 Å². The van der Waals surface area contributed by atoms with E-state index in [-0.39, 0.29) is 31.6 Å². The van der Waals surface area contributed by atoms with Gasteiger partial charge in [-0.05, 0) is 56.6 Å². The van der Waals surface area contributed by atoms with Gasteiger partial charge in [0.1, 0.15) is 25.3 Å². The van der Waals surface area contributed by atoms with Gasteiger partial charge in [0.2, 0.25) is 9.70 Å². The lowest BCUT2D eigenvalue weighted by atomic mass is 9.91. The lowest BCUT2D eigenvalue weighted by Crippen LogP contribution is -2.59. The molecule has 2 fully saturated rings. The molecule has 2 heterocycles. The summed E-state index contributed by atoms with van der Waals surface area (Å²) in [7, 11) is 0. The Balaban J connectivity index is 1.52. The van der Waals surface area contributed by atoms with Gasteiger partial charge in [0.05, 0.1) is 18.7 Å². The first kappa shape index (κ1) is 35.8. The van der Waals surface area contributed by atoms with E-state index in [2.05, 4.69) is 5.32 Å². The number of amides is 2. The van der Waals surface area contributed by atoms with Crippen LogP contribution in [0.4, 0.5) is 4.79 Å². The van der Waals surface area contributed by atoms with Gasteiger partial charge in [0.15, 0.2) is 0 Å². The number of carbonyl (C=O) groups is 4. The molecule has 2 saturated heterocycles. The summed E-state index contributed by atoms with van der Waals surface area (Å²) in [6.45, 7) is 3.68. The molecular formula is C33H40Cl3N3O7. The molecule has 4 rings (SSSR count). The van der Waals surface area contributed by atoms with Crippen molar-refractivity contribution in [2.45, 2.75) is 74.1 Å². The van der Waals surface area contributed by atoms with Crippen molar-refractivity contribution in [3.8, 4) is 0 Å². The van der Waals surface area contributed by atoms with Gasteiger partial charge in [-0.15, -0.1) is 0 Å². The number of nitrogens with zero attached hydrogens (tertiary/aromatic N) is 2. The minimum atomic E-state index is -1.77. The molecule has 2 aliphatic rings. The minimum absolute atomic E-state index is 0.0568. The SMILES string of the molecule is CCOC(=O)C(CCc1ccccc1)N[C@@H](C)C(=O)N1C(C(=O)OCc2ccccc2)CC2CCN(C(=O)OCC(Cl)(Cl)Cl)CC21. The topological polar surface area (TPSA) is 114 Å². The maximum Gasteiger partial charge on any atom is 0.409 e. The first-order chi connectivity index (χ1) is 22.0. The zero-order valence-corrected chi connectivity index (χ0v) is 28.2. The number of likely N-dealkylation sites (tertiary alicyclic amines) is 2. The molecule has 0 spiro atoms. The number of rotatable bonds is 12. The van der Waals surface area contributed by atoms with Gasteiger partial charge in [-0.3, -0.25) is 14.9 Å². The van der Waals surface area contributed by atoms with Crippen LogP contribution in [0.1, 0.15) is 44.2 Å². The second-order valence-electron chi connectivity index (χ2n) is 11.5. The van der Waals surface area contributed by atoms with Gasteiger partial charge in [0, 0.05) is 13.1 Å². The Labute approximate surface area is 284 Å². The van der Waals surface area contributed by atoms with Crippen molar-refractivity contribution in [1.29, 1.82) is 0 Å². The molecule has 0 bridgehead atoms. The third-order valence-electron chi connectivity index (χ3n) is 8.27. The Morgan fingerprint density at radius 2 is 1.61 bits per heavy atom. The Morgan fingerprint density at radius 1 is 0.957 bits per heavy atom. The highest BCUT2D eigenvalue weighted by Crippen LogP contribution is 2.37. The van der Waals surface area contributed by atoms with Gasteiger partial charge >= 0.3 is 18.0 Å². The Morgan fingerprint density at radius 3 is 2.24 bits per heavy atom. The van der Waals surface area contributed by atoms with E-state index >= 15 is 0 Å². The fraction of sp³-hybridized carbons (Fsp3) is 0.515. The average Bonchev–Trinajstić information content (AvgIpc) is 3.43. The van der Waals surface area contributed by atoms with Crippen molar-refractivity contribution in [1.82, 2.24) is 15.1 Å². The number of fused-ring (bicyclic) bond motifs is 1. The highest BCUT2D eigenvalue weighted by atomic mass is 35.6. The first-order valence-electron chi connectivity index (χ1n) is 15.4. The quantitative estimate of drug-likeness (QED) is 0.186. The molecule has 2 aromatic carbocycles. The molecule has 13 heteroatoms. The van der Waals surface area contributed by atoms with Crippen LogP contribution in [0, 0.1) is 5.92 Å². The predicted molar refractivity (Wildman–Crippen MR) is 174 cm³/mol. The third kappa shape index (κ3) is 9.97. The van der Waals surface area contributed by atoms with Gasteiger partial charge < -0.3 is 24.0 Å². The van der Waals surface area contributed by atoms with Crippen molar-refractivity contribution in [3.05, 3.63) is 71.8 Å². The van der Waals surface area contributed by atoms with Crippen LogP contribution in [0.15, 0.2) is 60.7 Å². The van der Waals surface area contributed by atoms with E-state index in [0.717, 1.165) is 11.1 Å². The van der Waals surface area contributed by atoms with Crippen LogP contribution < -0.4 is 5.32 Å². The number of aryl methyl sites for hydroxylation is 1. The van der Waals surface area contributed by atoms with E-state index < -0.39 is 52.6 Å². The number of piperidine rings is 1. The average molecular weight is 697 g/mol. The summed E-state index contributed by atoms with van der Waals surface area (Å²) in [5.41, 5.74) is 1.86. The minimum Gasteiger partial charge on any atom is -0.465 e. The zero-order chi connectivity index (χ0) is 33.3. The molecular weight excluding hydrogens is 657 g/mol. The van der Waals surface area contributed by atoms with Crippen molar-refractivity contribution < 1.29 is 33.4 Å². The number of carbonyl (C=O) groups excluding carboxylic acids is 4. The summed E-state index contributed by atoms with van der Waals surface area (Å²) >= 11 is 17.3. The van der Waals surface area contributed by atoms with E-state index in [4.69, 9.17) is 49.0 Å². The van der Waals surface area contributed by atoms with Crippen molar-refractivity contribution in [3.63, 3.8) is 0 Å². The van der Waals surface area contributed by atoms with Crippen molar-refractivity contribution >= 4 is 58.7 Å². The number of nitrogens with one attached hydrogen (secondary N) is 1. The molecule has 2 aromatic rings. The zero-order valence-electron chi connectivity index (χ0n) is 25.9. The van der Waals surface area contributed by atoms with Crippen LogP contribution >= 0.6 is 34.8 Å². The van der Waals surface area contributed by atoms with Gasteiger partial charge in [-0.1, -0.05) is 95.5 Å². The van der Waals surface area contributed by atoms with Crippen LogP contribution in [0.2, 0.25) is 0 Å². The Bertz CT molecular complexity index is 1330. The molecule has 5 atom stereocenters. The van der Waals surface area contributed by atoms with E-state index in [1.54, 1.807) is 13.8 Å². The fourth-order valence-corrected chi connectivity index (χ4v) is 6.18. The lowest BCUT2D eigenvalue weighted by molar-refractivity contribution is -0.157. The number of hydrogen-bond acceptors (Lipinski definition) is 8. The number of ether oxygens (including phenoxy) is 3. The number of alkyl halides is 3. The second kappa shape index (κ2) is 16.7. The summed E-state index contributed by atoms with van der Waals surface area (Å²) in [6.07, 6.45) is 1.22. The number of esters is 2. The molecule has 1 N–H and O–H groups in total. The summed E-state index contributed by atoms with van der Waals surface area (Å²) in [4.78, 5) is 56.5. The van der Waals surface area contributed by atoms with E-state index in [9.17, 15) is 19.2 Å². The van der Waals surface area contributed by atoms with Crippen LogP contribution in [-0.2, 0) is 41.6 Å². The van der Waals surface area contributed by atoms with Gasteiger partial charge in [0.25, 0.3) is 0 Å². The standard InChI is InChI=1S/C33H40Cl3N3O7/c1-3-44-30(41)26(15-14-23-10-6-4-7-11-23)37-22(2)29(40)39-27(31(42)45-20-24-12-8-5-9-13-24)18-25-16-17-38(19-28(25)39)32(43)46-21-33(34,35)36/h4-13,22,25-28,37H,3,14-21H2,1-2H3/t22-,25?,26?,27?,28?/m0/s1. The van der Waals surface area contributed by atoms with Crippen molar-refractivity contribution in [2.24, 2.45) is 5.92 Å². The Kier molecular flexibility index (Phi) is 13.0. The van der Waals surface area contributed by atoms with E-state index in [1.807, 2.05) is 60.7 Å². The number of benzene rings is 2. The van der Waals surface area contributed by atoms with E-state index in [1.165, 1.54) is 9.80 Å². The van der Waals surface area contributed by atoms with Crippen LogP contribution in [0.25, 0.3) is 0 Å². The molecule has 0 aromatic heterocycles. The van der Waals surface area contributed by atoms with Crippen molar-refractivity contribution in [2.75, 3.05) is 26.3 Å². The molecule has 2 aliphatic heterocycles. The maximum atomic E-state index is 14.2. The molecule has 4 unspecified atom stereocenters. The molecule has 250 valence electrons. The molecule has 0 radical (unpaired) electrons. The Hall–Kier alpha value is -3.05. The molecule has 10 nitrogen and oxygen atoms in total. The fourth-order valence-electron chi connectivity index (χ4n) is 6.02. The largest absolute Gasteiger partial charge is 0.465 e. The summed E-state index contributed by atoms with van der Waals surface area (Å²) in [5.74, 6) is -1.45. The lowest BCUT2D eigenvalue weighted by Gasteiger charge is -2.39. The van der Waals surface area contributed by atoms with E-state index in [0.29, 0.717) is 32.2 Å². The second-order valence-corrected chi connectivity index (χ2v) is 14.1. The number of hydrogen-bond donors (Lipinski definition) is 1. The molecule has 2 amide bonds. The summed E-state index contributed by atoms with van der Waals surface area (Å²) in [5, 5.41) is 3.17. The monoisotopic (exact) mass is 695 g/mol. The first-order valence-corrected chi connectivity index (χ1v) is 16.6. The molecule has 0 aliphatic carbocycles. The predicted octanol–water partition coefficient (Wildman–Crippen LogP) is 5.07. The normalized spacial score (nSPS) is 20.8. The van der Waals surface area contributed by atoms with Crippen LogP contribution in [0.3, 0.4) is 0 Å². The highest BCUT2D eigenvalue weighted by Gasteiger charge is 2.51. The number of halogens is 3. The molecule has 46 heavy (non-hydrogen) atoms. The van der Waals surface area contributed by atoms with Crippen LogP contribution in [-0.4, -0.2) is 88.0 Å². The molecule has 0 saturated carbocycles. The third-order valence-corrected chi connectivity index (χ3v) is 8.59.